The van der Waals surface area contributed by atoms with Crippen LogP contribution in [0.4, 0.5) is 5.69 Å². The lowest BCUT2D eigenvalue weighted by Crippen LogP contribution is -2.26. The molecule has 1 aromatic rings. The zero-order valence-corrected chi connectivity index (χ0v) is 12.3. The van der Waals surface area contributed by atoms with Gasteiger partial charge in [0.2, 0.25) is 5.91 Å². The maximum absolute atomic E-state index is 11.8. The second kappa shape index (κ2) is 9.52. The molecule has 1 amide bonds. The summed E-state index contributed by atoms with van der Waals surface area (Å²) in [5.74, 6) is -0.0314. The van der Waals surface area contributed by atoms with E-state index in [2.05, 4.69) is 16.3 Å². The van der Waals surface area contributed by atoms with Crippen molar-refractivity contribution in [1.29, 1.82) is 10.5 Å². The van der Waals surface area contributed by atoms with E-state index in [9.17, 15) is 4.79 Å². The van der Waals surface area contributed by atoms with Gasteiger partial charge in [-0.25, -0.2) is 0 Å². The number of carbonyl (C=O) groups is 1. The van der Waals surface area contributed by atoms with E-state index in [1.807, 2.05) is 13.0 Å². The number of amides is 1. The highest BCUT2D eigenvalue weighted by molar-refractivity contribution is 5.90. The monoisotopic (exact) mass is 284 g/mol. The molecule has 0 aromatic heterocycles. The summed E-state index contributed by atoms with van der Waals surface area (Å²) in [5, 5.41) is 20.1. The Hall–Kier alpha value is -2.37. The molecule has 0 spiro atoms. The van der Waals surface area contributed by atoms with Crippen molar-refractivity contribution < 1.29 is 4.79 Å². The number of anilines is 1. The van der Waals surface area contributed by atoms with Gasteiger partial charge in [0.25, 0.3) is 0 Å². The maximum atomic E-state index is 11.8. The first-order chi connectivity index (χ1) is 10.2. The molecule has 1 rings (SSSR count). The van der Waals surface area contributed by atoms with Crippen LogP contribution in [0.1, 0.15) is 31.7 Å². The molecule has 0 fully saturated rings. The van der Waals surface area contributed by atoms with Gasteiger partial charge in [-0.3, -0.25) is 4.79 Å². The molecule has 0 aliphatic rings. The van der Waals surface area contributed by atoms with Gasteiger partial charge in [-0.1, -0.05) is 6.92 Å². The Balaban J connectivity index is 2.30. The lowest BCUT2D eigenvalue weighted by molar-refractivity contribution is -0.116. The molecule has 110 valence electrons. The summed E-state index contributed by atoms with van der Waals surface area (Å²) < 4.78 is 0. The quantitative estimate of drug-likeness (QED) is 0.795. The van der Waals surface area contributed by atoms with Gasteiger partial charge in [-0.15, -0.1) is 0 Å². The first-order valence-electron chi connectivity index (χ1n) is 7.09. The summed E-state index contributed by atoms with van der Waals surface area (Å²) in [6, 6.07) is 11.0. The molecule has 1 aromatic carbocycles. The smallest absolute Gasteiger partial charge is 0.224 e. The van der Waals surface area contributed by atoms with Crippen molar-refractivity contribution in [1.82, 2.24) is 4.90 Å². The van der Waals surface area contributed by atoms with Crippen molar-refractivity contribution in [3.8, 4) is 12.1 Å². The van der Waals surface area contributed by atoms with Crippen molar-refractivity contribution in [2.75, 3.05) is 25.0 Å². The number of rotatable bonds is 8. The van der Waals surface area contributed by atoms with Crippen molar-refractivity contribution in [2.45, 2.75) is 26.2 Å². The molecule has 0 saturated carbocycles. The molecule has 1 N–H and O–H groups in total. The summed E-state index contributed by atoms with van der Waals surface area (Å²) in [4.78, 5) is 14.0. The van der Waals surface area contributed by atoms with Crippen LogP contribution in [0, 0.1) is 22.7 Å². The summed E-state index contributed by atoms with van der Waals surface area (Å²) in [5.41, 5.74) is 1.28. The number of hydrogen-bond donors (Lipinski definition) is 1. The van der Waals surface area contributed by atoms with E-state index < -0.39 is 0 Å². The predicted octanol–water partition coefficient (Wildman–Crippen LogP) is 2.51. The normalized spacial score (nSPS) is 9.90. The summed E-state index contributed by atoms with van der Waals surface area (Å²) in [6.07, 6.45) is 1.73. The molecule has 0 unspecified atom stereocenters. The fourth-order valence-electron chi connectivity index (χ4n) is 1.95. The lowest BCUT2D eigenvalue weighted by atomic mass is 10.2. The van der Waals surface area contributed by atoms with E-state index in [-0.39, 0.29) is 5.91 Å². The van der Waals surface area contributed by atoms with Crippen LogP contribution < -0.4 is 5.32 Å². The molecule has 0 atom stereocenters. The van der Waals surface area contributed by atoms with Crippen molar-refractivity contribution in [3.63, 3.8) is 0 Å². The zero-order valence-electron chi connectivity index (χ0n) is 12.3. The molecule has 0 heterocycles. The fourth-order valence-corrected chi connectivity index (χ4v) is 1.95. The summed E-state index contributed by atoms with van der Waals surface area (Å²) in [7, 11) is 0. The Morgan fingerprint density at radius 2 is 1.95 bits per heavy atom. The highest BCUT2D eigenvalue weighted by Gasteiger charge is 2.05. The number of benzene rings is 1. The summed E-state index contributed by atoms with van der Waals surface area (Å²) in [6.45, 7) is 4.51. The van der Waals surface area contributed by atoms with E-state index in [0.29, 0.717) is 24.1 Å². The fraction of sp³-hybridized carbons (Fsp3) is 0.438. The minimum Gasteiger partial charge on any atom is -0.326 e. The molecule has 0 aliphatic carbocycles. The molecule has 5 nitrogen and oxygen atoms in total. The second-order valence-corrected chi connectivity index (χ2v) is 4.68. The third kappa shape index (κ3) is 6.56. The van der Waals surface area contributed by atoms with Gasteiger partial charge in [0.15, 0.2) is 0 Å². The van der Waals surface area contributed by atoms with E-state index in [1.165, 1.54) is 0 Å². The van der Waals surface area contributed by atoms with Crippen LogP contribution in [0.15, 0.2) is 24.3 Å². The van der Waals surface area contributed by atoms with Crippen LogP contribution in [-0.2, 0) is 4.79 Å². The van der Waals surface area contributed by atoms with Gasteiger partial charge in [0, 0.05) is 25.1 Å². The maximum Gasteiger partial charge on any atom is 0.224 e. The van der Waals surface area contributed by atoms with E-state index in [1.54, 1.807) is 24.3 Å². The van der Waals surface area contributed by atoms with Gasteiger partial charge in [-0.05, 0) is 43.8 Å². The van der Waals surface area contributed by atoms with Crippen LogP contribution >= 0.6 is 0 Å². The Morgan fingerprint density at radius 3 is 2.52 bits per heavy atom. The molecule has 0 radical (unpaired) electrons. The van der Waals surface area contributed by atoms with E-state index in [4.69, 9.17) is 10.5 Å². The number of hydrogen-bond acceptors (Lipinski definition) is 4. The number of carbonyl (C=O) groups excluding carboxylic acids is 1. The number of nitrogens with zero attached hydrogens (tertiary/aromatic N) is 3. The minimum atomic E-state index is -0.0314. The van der Waals surface area contributed by atoms with Crippen LogP contribution in [0.5, 0.6) is 0 Å². The van der Waals surface area contributed by atoms with Crippen LogP contribution in [0.25, 0.3) is 0 Å². The Labute approximate surface area is 125 Å². The minimum absolute atomic E-state index is 0.0314. The van der Waals surface area contributed by atoms with E-state index in [0.717, 1.165) is 26.1 Å². The Morgan fingerprint density at radius 1 is 1.24 bits per heavy atom. The first-order valence-corrected chi connectivity index (χ1v) is 7.09. The third-order valence-electron chi connectivity index (χ3n) is 3.16. The third-order valence-corrected chi connectivity index (χ3v) is 3.16. The summed E-state index contributed by atoms with van der Waals surface area (Å²) >= 11 is 0. The van der Waals surface area contributed by atoms with Gasteiger partial charge in [-0.2, -0.15) is 10.5 Å². The van der Waals surface area contributed by atoms with Crippen LogP contribution in [-0.4, -0.2) is 30.4 Å². The molecular formula is C16H20N4O. The highest BCUT2D eigenvalue weighted by Crippen LogP contribution is 2.09. The van der Waals surface area contributed by atoms with Crippen molar-refractivity contribution >= 4 is 11.6 Å². The van der Waals surface area contributed by atoms with Crippen molar-refractivity contribution in [2.24, 2.45) is 0 Å². The average Bonchev–Trinajstić information content (AvgIpc) is 2.51. The predicted molar refractivity (Wildman–Crippen MR) is 81.4 cm³/mol. The van der Waals surface area contributed by atoms with Crippen molar-refractivity contribution in [3.05, 3.63) is 29.8 Å². The van der Waals surface area contributed by atoms with Crippen LogP contribution in [0.2, 0.25) is 0 Å². The Kier molecular flexibility index (Phi) is 7.56. The zero-order chi connectivity index (χ0) is 15.5. The molecule has 0 aliphatic heterocycles. The van der Waals surface area contributed by atoms with Gasteiger partial charge in [0.05, 0.1) is 17.7 Å². The molecule has 0 bridgehead atoms. The molecule has 0 saturated heterocycles. The SMILES string of the molecule is CCN(CCC#N)CCCC(=O)Nc1ccc(C#N)cc1. The first kappa shape index (κ1) is 16.7. The highest BCUT2D eigenvalue weighted by atomic mass is 16.1. The molecule has 21 heavy (non-hydrogen) atoms. The average molecular weight is 284 g/mol. The number of nitriles is 2. The van der Waals surface area contributed by atoms with Gasteiger partial charge in [0.1, 0.15) is 0 Å². The Bertz CT molecular complexity index is 525. The second-order valence-electron chi connectivity index (χ2n) is 4.68. The molecular weight excluding hydrogens is 264 g/mol. The standard InChI is InChI=1S/C16H20N4O/c1-2-20(12-4-10-17)11-3-5-16(21)19-15-8-6-14(13-18)7-9-15/h6-9H,2-5,11-12H2,1H3,(H,19,21). The van der Waals surface area contributed by atoms with Gasteiger partial charge < -0.3 is 10.2 Å². The lowest BCUT2D eigenvalue weighted by Gasteiger charge is -2.18. The van der Waals surface area contributed by atoms with E-state index >= 15 is 0 Å². The largest absolute Gasteiger partial charge is 0.326 e. The van der Waals surface area contributed by atoms with Crippen LogP contribution in [0.3, 0.4) is 0 Å². The van der Waals surface area contributed by atoms with Gasteiger partial charge >= 0.3 is 0 Å². The topological polar surface area (TPSA) is 79.9 Å². The molecule has 5 heteroatoms. The number of nitrogens with one attached hydrogen (secondary N) is 1.